The van der Waals surface area contributed by atoms with Gasteiger partial charge in [-0.25, -0.2) is 0 Å². The minimum absolute atomic E-state index is 0. The molecule has 5 heteroatoms. The Labute approximate surface area is 126 Å². The highest BCUT2D eigenvalue weighted by atomic mass is 35.5. The van der Waals surface area contributed by atoms with E-state index in [1.54, 1.807) is 0 Å². The van der Waals surface area contributed by atoms with Crippen molar-refractivity contribution in [2.45, 2.75) is 38.2 Å². The Morgan fingerprint density at radius 3 is 2.70 bits per heavy atom. The van der Waals surface area contributed by atoms with Crippen LogP contribution in [0.1, 0.15) is 31.2 Å². The summed E-state index contributed by atoms with van der Waals surface area (Å²) in [7, 11) is 0. The number of hydrogen-bond acceptors (Lipinski definition) is 3. The summed E-state index contributed by atoms with van der Waals surface area (Å²) in [4.78, 5) is 11.7. The monoisotopic (exact) mass is 298 g/mol. The number of amides is 1. The van der Waals surface area contributed by atoms with Crippen LogP contribution in [0.4, 0.5) is 5.69 Å². The summed E-state index contributed by atoms with van der Waals surface area (Å²) in [6, 6.07) is 7.75. The molecule has 1 aliphatic rings. The summed E-state index contributed by atoms with van der Waals surface area (Å²) in [5.41, 5.74) is 7.57. The van der Waals surface area contributed by atoms with Gasteiger partial charge in [-0.15, -0.1) is 12.4 Å². The molecule has 1 heterocycles. The van der Waals surface area contributed by atoms with Crippen LogP contribution in [0.5, 0.6) is 0 Å². The molecule has 112 valence electrons. The Bertz CT molecular complexity index is 403. The Hall–Kier alpha value is -1.26. The molecule has 1 amide bonds. The molecule has 0 spiro atoms. The standard InChI is InChI=1S/C15H22N2O2.ClH/c16-13-6-4-12(5-7-13)8-9-17-15(18)11-14-3-1-2-10-19-14;/h4-7,14H,1-3,8-11,16H2,(H,17,18);1H. The van der Waals surface area contributed by atoms with Crippen molar-refractivity contribution >= 4 is 24.0 Å². The lowest BCUT2D eigenvalue weighted by Crippen LogP contribution is -2.31. The molecule has 1 saturated heterocycles. The number of hydrogen-bond donors (Lipinski definition) is 2. The van der Waals surface area contributed by atoms with Crippen molar-refractivity contribution in [2.75, 3.05) is 18.9 Å². The number of carbonyl (C=O) groups excluding carboxylic acids is 1. The SMILES string of the molecule is Cl.Nc1ccc(CCNC(=O)CC2CCCCO2)cc1. The van der Waals surface area contributed by atoms with Crippen molar-refractivity contribution in [3.8, 4) is 0 Å². The first kappa shape index (κ1) is 16.8. The first-order valence-electron chi connectivity index (χ1n) is 6.97. The van der Waals surface area contributed by atoms with Gasteiger partial charge in [-0.05, 0) is 43.4 Å². The van der Waals surface area contributed by atoms with E-state index >= 15 is 0 Å². The molecule has 1 aliphatic heterocycles. The van der Waals surface area contributed by atoms with Gasteiger partial charge in [-0.1, -0.05) is 12.1 Å². The third-order valence-corrected chi connectivity index (χ3v) is 3.40. The number of rotatable bonds is 5. The lowest BCUT2D eigenvalue weighted by molar-refractivity contribution is -0.124. The number of halogens is 1. The third-order valence-electron chi connectivity index (χ3n) is 3.40. The number of anilines is 1. The topological polar surface area (TPSA) is 64.3 Å². The van der Waals surface area contributed by atoms with E-state index in [9.17, 15) is 4.79 Å². The second-order valence-electron chi connectivity index (χ2n) is 5.03. The fourth-order valence-corrected chi connectivity index (χ4v) is 2.28. The van der Waals surface area contributed by atoms with Crippen LogP contribution in [0, 0.1) is 0 Å². The Morgan fingerprint density at radius 1 is 1.30 bits per heavy atom. The predicted octanol–water partition coefficient (Wildman–Crippen LogP) is 2.31. The minimum Gasteiger partial charge on any atom is -0.399 e. The van der Waals surface area contributed by atoms with Crippen LogP contribution in [-0.4, -0.2) is 25.2 Å². The molecule has 0 bridgehead atoms. The van der Waals surface area contributed by atoms with Gasteiger partial charge < -0.3 is 15.8 Å². The molecule has 3 N–H and O–H groups in total. The number of benzene rings is 1. The summed E-state index contributed by atoms with van der Waals surface area (Å²) in [6.07, 6.45) is 4.73. The van der Waals surface area contributed by atoms with Crippen molar-refractivity contribution < 1.29 is 9.53 Å². The highest BCUT2D eigenvalue weighted by Crippen LogP contribution is 2.15. The number of carbonyl (C=O) groups is 1. The average molecular weight is 299 g/mol. The van der Waals surface area contributed by atoms with Gasteiger partial charge >= 0.3 is 0 Å². The van der Waals surface area contributed by atoms with E-state index in [2.05, 4.69) is 5.32 Å². The van der Waals surface area contributed by atoms with Crippen molar-refractivity contribution in [1.29, 1.82) is 0 Å². The summed E-state index contributed by atoms with van der Waals surface area (Å²) in [5, 5.41) is 2.94. The van der Waals surface area contributed by atoms with E-state index in [0.29, 0.717) is 13.0 Å². The van der Waals surface area contributed by atoms with Gasteiger partial charge in [0.2, 0.25) is 5.91 Å². The molecule has 0 radical (unpaired) electrons. The molecular weight excluding hydrogens is 276 g/mol. The minimum atomic E-state index is 0. The van der Waals surface area contributed by atoms with E-state index < -0.39 is 0 Å². The van der Waals surface area contributed by atoms with Crippen molar-refractivity contribution in [2.24, 2.45) is 0 Å². The molecule has 1 atom stereocenters. The first-order chi connectivity index (χ1) is 9.24. The summed E-state index contributed by atoms with van der Waals surface area (Å²) in [5.74, 6) is 0.0855. The van der Waals surface area contributed by atoms with Crippen LogP contribution in [0.2, 0.25) is 0 Å². The van der Waals surface area contributed by atoms with Crippen molar-refractivity contribution in [3.63, 3.8) is 0 Å². The van der Waals surface area contributed by atoms with Gasteiger partial charge in [0, 0.05) is 18.8 Å². The zero-order valence-corrected chi connectivity index (χ0v) is 12.5. The Morgan fingerprint density at radius 2 is 2.05 bits per heavy atom. The normalized spacial score (nSPS) is 18.1. The molecular formula is C15H23ClN2O2. The van der Waals surface area contributed by atoms with Gasteiger partial charge in [-0.3, -0.25) is 4.79 Å². The zero-order chi connectivity index (χ0) is 13.5. The van der Waals surface area contributed by atoms with Gasteiger partial charge in [0.15, 0.2) is 0 Å². The lowest BCUT2D eigenvalue weighted by Gasteiger charge is -2.21. The Kier molecular flexibility index (Phi) is 7.41. The van der Waals surface area contributed by atoms with Crippen LogP contribution in [0.25, 0.3) is 0 Å². The van der Waals surface area contributed by atoms with E-state index in [0.717, 1.165) is 31.6 Å². The fourth-order valence-electron chi connectivity index (χ4n) is 2.28. The molecule has 1 fully saturated rings. The number of nitrogen functional groups attached to an aromatic ring is 1. The fraction of sp³-hybridized carbons (Fsp3) is 0.533. The van der Waals surface area contributed by atoms with Crippen molar-refractivity contribution in [1.82, 2.24) is 5.32 Å². The third kappa shape index (κ3) is 5.80. The molecule has 0 aliphatic carbocycles. The maximum absolute atomic E-state index is 11.7. The second-order valence-corrected chi connectivity index (χ2v) is 5.03. The highest BCUT2D eigenvalue weighted by Gasteiger charge is 2.17. The summed E-state index contributed by atoms with van der Waals surface area (Å²) < 4.78 is 5.55. The second kappa shape index (κ2) is 8.82. The molecule has 20 heavy (non-hydrogen) atoms. The van der Waals surface area contributed by atoms with Gasteiger partial charge in [0.05, 0.1) is 12.5 Å². The van der Waals surface area contributed by atoms with E-state index in [1.807, 2.05) is 24.3 Å². The Balaban J connectivity index is 0.00000200. The largest absolute Gasteiger partial charge is 0.399 e. The van der Waals surface area contributed by atoms with E-state index in [4.69, 9.17) is 10.5 Å². The van der Waals surface area contributed by atoms with Crippen LogP contribution in [0.15, 0.2) is 24.3 Å². The number of nitrogens with two attached hydrogens (primary N) is 1. The molecule has 1 aromatic carbocycles. The van der Waals surface area contributed by atoms with E-state index in [1.165, 1.54) is 12.0 Å². The zero-order valence-electron chi connectivity index (χ0n) is 11.6. The van der Waals surface area contributed by atoms with Crippen LogP contribution < -0.4 is 11.1 Å². The molecule has 1 unspecified atom stereocenters. The average Bonchev–Trinajstić information content (AvgIpc) is 2.42. The summed E-state index contributed by atoms with van der Waals surface area (Å²) >= 11 is 0. The summed E-state index contributed by atoms with van der Waals surface area (Å²) in [6.45, 7) is 1.46. The first-order valence-corrected chi connectivity index (χ1v) is 6.97. The number of ether oxygens (including phenoxy) is 1. The van der Waals surface area contributed by atoms with Gasteiger partial charge in [-0.2, -0.15) is 0 Å². The molecule has 1 aromatic rings. The molecule has 0 aromatic heterocycles. The molecule has 0 saturated carbocycles. The van der Waals surface area contributed by atoms with Gasteiger partial charge in [0.25, 0.3) is 0 Å². The van der Waals surface area contributed by atoms with Crippen molar-refractivity contribution in [3.05, 3.63) is 29.8 Å². The smallest absolute Gasteiger partial charge is 0.222 e. The van der Waals surface area contributed by atoms with Crippen LogP contribution in [-0.2, 0) is 16.0 Å². The molecule has 4 nitrogen and oxygen atoms in total. The number of nitrogens with one attached hydrogen (secondary N) is 1. The highest BCUT2D eigenvalue weighted by molar-refractivity contribution is 5.85. The van der Waals surface area contributed by atoms with Gasteiger partial charge in [0.1, 0.15) is 0 Å². The lowest BCUT2D eigenvalue weighted by atomic mass is 10.1. The van der Waals surface area contributed by atoms with Crippen LogP contribution >= 0.6 is 12.4 Å². The maximum Gasteiger partial charge on any atom is 0.222 e. The van der Waals surface area contributed by atoms with Crippen LogP contribution in [0.3, 0.4) is 0 Å². The maximum atomic E-state index is 11.7. The quantitative estimate of drug-likeness (QED) is 0.820. The van der Waals surface area contributed by atoms with E-state index in [-0.39, 0.29) is 24.4 Å². The predicted molar refractivity (Wildman–Crippen MR) is 83.0 cm³/mol. The molecule has 2 rings (SSSR count).